The second kappa shape index (κ2) is 9.57. The van der Waals surface area contributed by atoms with Crippen molar-refractivity contribution in [3.63, 3.8) is 0 Å². The molecule has 9 heteroatoms. The molecule has 7 nitrogen and oxygen atoms in total. The molecule has 1 saturated heterocycles. The number of imide groups is 1. The van der Waals surface area contributed by atoms with E-state index >= 15 is 0 Å². The van der Waals surface area contributed by atoms with Crippen molar-refractivity contribution in [1.82, 2.24) is 5.32 Å². The van der Waals surface area contributed by atoms with Crippen LogP contribution in [0, 0.1) is 0 Å². The Hall–Kier alpha value is -1.87. The molecule has 0 aliphatic carbocycles. The minimum Gasteiger partial charge on any atom is -0.482 e. The van der Waals surface area contributed by atoms with Gasteiger partial charge in [-0.2, -0.15) is 0 Å². The van der Waals surface area contributed by atoms with Gasteiger partial charge >= 0.3 is 12.1 Å². The Kier molecular flexibility index (Phi) is 7.45. The van der Waals surface area contributed by atoms with E-state index in [1.165, 1.54) is 6.92 Å². The Bertz CT molecular complexity index is 633. The van der Waals surface area contributed by atoms with Crippen molar-refractivity contribution in [2.45, 2.75) is 17.6 Å². The second-order valence-corrected chi connectivity index (χ2v) is 7.74. The standard InChI is InChI=1S/C16H19NO6S2/c1-10(14(19)17-16(20)21-2)23-13(18)9-22-12-6-4-3-5-11(12)15-24-7-8-25-15/h3-6,10,15H,7-9H2,1-2H3,(H,17,19,20)/t10-/m1/s1. The maximum absolute atomic E-state index is 11.9. The lowest BCUT2D eigenvalue weighted by molar-refractivity contribution is -0.156. The number of nitrogens with one attached hydrogen (secondary N) is 1. The van der Waals surface area contributed by atoms with E-state index in [4.69, 9.17) is 9.47 Å². The molecule has 1 aliphatic rings. The van der Waals surface area contributed by atoms with E-state index in [0.29, 0.717) is 5.75 Å². The molecule has 0 spiro atoms. The van der Waals surface area contributed by atoms with Gasteiger partial charge in [-0.1, -0.05) is 18.2 Å². The summed E-state index contributed by atoms with van der Waals surface area (Å²) in [5, 5.41) is 1.93. The number of hydrogen-bond acceptors (Lipinski definition) is 8. The summed E-state index contributed by atoms with van der Waals surface area (Å²) >= 11 is 3.67. The van der Waals surface area contributed by atoms with Crippen molar-refractivity contribution in [3.05, 3.63) is 29.8 Å². The van der Waals surface area contributed by atoms with Crippen LogP contribution in [0.5, 0.6) is 5.75 Å². The number of ether oxygens (including phenoxy) is 3. The molecule has 1 heterocycles. The lowest BCUT2D eigenvalue weighted by atomic mass is 10.2. The molecule has 1 N–H and O–H groups in total. The fraction of sp³-hybridized carbons (Fsp3) is 0.438. The van der Waals surface area contributed by atoms with Crippen LogP contribution in [0.1, 0.15) is 17.1 Å². The van der Waals surface area contributed by atoms with Gasteiger partial charge in [0, 0.05) is 17.1 Å². The van der Waals surface area contributed by atoms with Crippen LogP contribution in [0.2, 0.25) is 0 Å². The number of hydrogen-bond donors (Lipinski definition) is 1. The predicted octanol–water partition coefficient (Wildman–Crippen LogP) is 2.36. The lowest BCUT2D eigenvalue weighted by Gasteiger charge is -2.16. The summed E-state index contributed by atoms with van der Waals surface area (Å²) in [6.45, 7) is 1.03. The fourth-order valence-corrected chi connectivity index (χ4v) is 4.93. The van der Waals surface area contributed by atoms with Crippen LogP contribution in [0.4, 0.5) is 4.79 Å². The summed E-state index contributed by atoms with van der Waals surface area (Å²) in [6.07, 6.45) is -2.05. The molecule has 1 aliphatic heterocycles. The molecular formula is C16H19NO6S2. The fourth-order valence-electron chi connectivity index (χ4n) is 2.02. The van der Waals surface area contributed by atoms with Gasteiger partial charge in [-0.15, -0.1) is 23.5 Å². The van der Waals surface area contributed by atoms with Gasteiger partial charge in [-0.3, -0.25) is 10.1 Å². The first-order valence-electron chi connectivity index (χ1n) is 7.54. The van der Waals surface area contributed by atoms with Crippen molar-refractivity contribution in [1.29, 1.82) is 0 Å². The Balaban J connectivity index is 1.86. The molecule has 0 aromatic heterocycles. The van der Waals surface area contributed by atoms with Gasteiger partial charge in [-0.05, 0) is 13.0 Å². The first-order valence-corrected chi connectivity index (χ1v) is 9.64. The van der Waals surface area contributed by atoms with Gasteiger partial charge in [0.1, 0.15) is 5.75 Å². The van der Waals surface area contributed by atoms with E-state index in [9.17, 15) is 14.4 Å². The number of amides is 2. The number of carbonyl (C=O) groups excluding carboxylic acids is 3. The Morgan fingerprint density at radius 3 is 2.60 bits per heavy atom. The second-order valence-electron chi connectivity index (χ2n) is 5.01. The third-order valence-corrected chi connectivity index (χ3v) is 6.30. The maximum Gasteiger partial charge on any atom is 0.413 e. The number of esters is 1. The van der Waals surface area contributed by atoms with E-state index in [1.807, 2.05) is 47.0 Å². The van der Waals surface area contributed by atoms with Crippen LogP contribution >= 0.6 is 23.5 Å². The summed E-state index contributed by atoms with van der Waals surface area (Å²) in [5.41, 5.74) is 1.03. The monoisotopic (exact) mass is 385 g/mol. The van der Waals surface area contributed by atoms with Crippen molar-refractivity contribution in [2.75, 3.05) is 25.2 Å². The Morgan fingerprint density at radius 1 is 1.24 bits per heavy atom. The van der Waals surface area contributed by atoms with Gasteiger partial charge in [0.05, 0.1) is 11.7 Å². The van der Waals surface area contributed by atoms with Gasteiger partial charge in [0.2, 0.25) is 0 Å². The van der Waals surface area contributed by atoms with Crippen LogP contribution in [-0.4, -0.2) is 49.3 Å². The average Bonchev–Trinajstić information content (AvgIpc) is 3.14. The number of thioether (sulfide) groups is 2. The molecule has 1 aromatic carbocycles. The van der Waals surface area contributed by atoms with E-state index in [2.05, 4.69) is 4.74 Å². The number of methoxy groups -OCH3 is 1. The summed E-state index contributed by atoms with van der Waals surface area (Å²) in [4.78, 5) is 34.4. The molecule has 25 heavy (non-hydrogen) atoms. The van der Waals surface area contributed by atoms with Crippen molar-refractivity contribution in [3.8, 4) is 5.75 Å². The number of benzene rings is 1. The highest BCUT2D eigenvalue weighted by Gasteiger charge is 2.23. The van der Waals surface area contributed by atoms with Crippen LogP contribution < -0.4 is 10.1 Å². The maximum atomic E-state index is 11.9. The van der Waals surface area contributed by atoms with Gasteiger partial charge < -0.3 is 14.2 Å². The molecule has 1 atom stereocenters. The SMILES string of the molecule is COC(=O)NC(=O)[C@@H](C)OC(=O)COc1ccccc1C1SCCS1. The molecule has 1 aromatic rings. The molecule has 0 unspecified atom stereocenters. The van der Waals surface area contributed by atoms with E-state index < -0.39 is 24.1 Å². The van der Waals surface area contributed by atoms with Gasteiger partial charge in [0.15, 0.2) is 12.7 Å². The molecule has 136 valence electrons. The molecule has 0 bridgehead atoms. The van der Waals surface area contributed by atoms with Crippen molar-refractivity contribution >= 4 is 41.5 Å². The molecule has 0 saturated carbocycles. The third kappa shape index (κ3) is 5.86. The zero-order valence-corrected chi connectivity index (χ0v) is 15.5. The molecule has 2 amide bonds. The molecule has 1 fully saturated rings. The van der Waals surface area contributed by atoms with E-state index in [1.54, 1.807) is 6.07 Å². The van der Waals surface area contributed by atoms with Crippen LogP contribution in [0.3, 0.4) is 0 Å². The molecule has 2 rings (SSSR count). The summed E-state index contributed by atoms with van der Waals surface area (Å²) in [7, 11) is 1.13. The highest BCUT2D eigenvalue weighted by atomic mass is 32.2. The highest BCUT2D eigenvalue weighted by molar-refractivity contribution is 8.19. The summed E-state index contributed by atoms with van der Waals surface area (Å²) in [5.74, 6) is 1.32. The zero-order valence-electron chi connectivity index (χ0n) is 13.9. The highest BCUT2D eigenvalue weighted by Crippen LogP contribution is 2.48. The minimum absolute atomic E-state index is 0.289. The number of alkyl carbamates (subject to hydrolysis) is 1. The summed E-state index contributed by atoms with van der Waals surface area (Å²) in [6, 6.07) is 7.54. The lowest BCUT2D eigenvalue weighted by Crippen LogP contribution is -2.40. The topological polar surface area (TPSA) is 90.9 Å². The number of carbonyl (C=O) groups is 3. The number of para-hydroxylation sites is 1. The summed E-state index contributed by atoms with van der Waals surface area (Å²) < 4.78 is 15.1. The first-order chi connectivity index (χ1) is 12.0. The minimum atomic E-state index is -1.13. The third-order valence-electron chi connectivity index (χ3n) is 3.23. The zero-order chi connectivity index (χ0) is 18.2. The largest absolute Gasteiger partial charge is 0.482 e. The average molecular weight is 385 g/mol. The molecular weight excluding hydrogens is 366 g/mol. The van der Waals surface area contributed by atoms with E-state index in [-0.39, 0.29) is 11.2 Å². The Morgan fingerprint density at radius 2 is 1.92 bits per heavy atom. The predicted molar refractivity (Wildman–Crippen MR) is 95.7 cm³/mol. The number of rotatable bonds is 6. The van der Waals surface area contributed by atoms with Gasteiger partial charge in [-0.25, -0.2) is 9.59 Å². The quantitative estimate of drug-likeness (QED) is 0.747. The van der Waals surface area contributed by atoms with Crippen molar-refractivity contribution < 1.29 is 28.6 Å². The van der Waals surface area contributed by atoms with Crippen molar-refractivity contribution in [2.24, 2.45) is 0 Å². The Labute approximate surface area is 154 Å². The van der Waals surface area contributed by atoms with Gasteiger partial charge in [0.25, 0.3) is 5.91 Å². The van der Waals surface area contributed by atoms with Crippen LogP contribution in [0.15, 0.2) is 24.3 Å². The van der Waals surface area contributed by atoms with Crippen LogP contribution in [0.25, 0.3) is 0 Å². The normalized spacial score (nSPS) is 15.3. The van der Waals surface area contributed by atoms with Crippen LogP contribution in [-0.2, 0) is 19.1 Å². The molecule has 0 radical (unpaired) electrons. The van der Waals surface area contributed by atoms with E-state index in [0.717, 1.165) is 24.2 Å². The smallest absolute Gasteiger partial charge is 0.413 e. The first kappa shape index (κ1) is 19.5.